The minimum absolute atomic E-state index is 0.0759. The van der Waals surface area contributed by atoms with Gasteiger partial charge in [0, 0.05) is 24.2 Å². The summed E-state index contributed by atoms with van der Waals surface area (Å²) in [6.45, 7) is 2.71. The van der Waals surface area contributed by atoms with E-state index in [2.05, 4.69) is 32.3 Å². The Morgan fingerprint density at radius 3 is 3.08 bits per heavy atom. The number of rotatable bonds is 3. The van der Waals surface area contributed by atoms with E-state index in [9.17, 15) is 4.79 Å². The lowest BCUT2D eigenvalue weighted by Gasteiger charge is -2.33. The van der Waals surface area contributed by atoms with Crippen molar-refractivity contribution in [2.45, 2.75) is 57.7 Å². The Kier molecular flexibility index (Phi) is 4.42. The van der Waals surface area contributed by atoms with Crippen LogP contribution in [0, 0.1) is 5.92 Å². The highest BCUT2D eigenvalue weighted by atomic mass is 16.2. The first-order valence-electron chi connectivity index (χ1n) is 9.23. The van der Waals surface area contributed by atoms with Crippen molar-refractivity contribution in [1.82, 2.24) is 25.4 Å². The SMILES string of the molecule is C[C@@H]1C[C@@H]2CCCC[C@H]2N1C(=O)NCc1cccc(-c2ncn[nH]2)c1. The van der Waals surface area contributed by atoms with Crippen LogP contribution in [0.5, 0.6) is 0 Å². The Hall–Kier alpha value is -2.37. The molecule has 132 valence electrons. The summed E-state index contributed by atoms with van der Waals surface area (Å²) >= 11 is 0. The molecule has 1 saturated heterocycles. The molecule has 2 heterocycles. The highest BCUT2D eigenvalue weighted by molar-refractivity contribution is 5.75. The molecule has 1 aromatic carbocycles. The molecule has 3 atom stereocenters. The zero-order valence-corrected chi connectivity index (χ0v) is 14.6. The van der Waals surface area contributed by atoms with E-state index in [-0.39, 0.29) is 6.03 Å². The zero-order chi connectivity index (χ0) is 17.2. The standard InChI is InChI=1S/C19H25N5O/c1-13-9-15-6-2-3-8-17(15)24(13)19(25)20-11-14-5-4-7-16(10-14)18-21-12-22-23-18/h4-5,7,10,12-13,15,17H,2-3,6,8-9,11H2,1H3,(H,20,25)(H,21,22,23)/t13-,15+,17-/m1/s1. The normalized spacial score (nSPS) is 25.6. The average molecular weight is 339 g/mol. The summed E-state index contributed by atoms with van der Waals surface area (Å²) in [5, 5.41) is 9.88. The number of aromatic nitrogens is 3. The van der Waals surface area contributed by atoms with Gasteiger partial charge in [-0.25, -0.2) is 9.78 Å². The number of likely N-dealkylation sites (tertiary alicyclic amines) is 1. The lowest BCUT2D eigenvalue weighted by molar-refractivity contribution is 0.155. The molecule has 0 unspecified atom stereocenters. The van der Waals surface area contributed by atoms with Gasteiger partial charge in [-0.1, -0.05) is 31.0 Å². The van der Waals surface area contributed by atoms with Crippen molar-refractivity contribution in [2.24, 2.45) is 5.92 Å². The summed E-state index contributed by atoms with van der Waals surface area (Å²) in [6.07, 6.45) is 7.65. The van der Waals surface area contributed by atoms with E-state index < -0.39 is 0 Å². The monoisotopic (exact) mass is 339 g/mol. The summed E-state index contributed by atoms with van der Waals surface area (Å²) < 4.78 is 0. The molecule has 4 rings (SSSR count). The third kappa shape index (κ3) is 3.25. The number of H-pyrrole nitrogens is 1. The molecular formula is C19H25N5O. The summed E-state index contributed by atoms with van der Waals surface area (Å²) in [7, 11) is 0. The smallest absolute Gasteiger partial charge is 0.318 e. The maximum absolute atomic E-state index is 12.8. The predicted molar refractivity (Wildman–Crippen MR) is 95.7 cm³/mol. The van der Waals surface area contributed by atoms with E-state index in [1.165, 1.54) is 25.6 Å². The fraction of sp³-hybridized carbons (Fsp3) is 0.526. The lowest BCUT2D eigenvalue weighted by Crippen LogP contribution is -2.47. The topological polar surface area (TPSA) is 73.9 Å². The molecule has 1 aromatic heterocycles. The molecule has 6 nitrogen and oxygen atoms in total. The van der Waals surface area contributed by atoms with Gasteiger partial charge in [-0.2, -0.15) is 5.10 Å². The summed E-state index contributed by atoms with van der Waals surface area (Å²) in [4.78, 5) is 19.1. The minimum atomic E-state index is 0.0759. The number of carbonyl (C=O) groups excluding carboxylic acids is 1. The Morgan fingerprint density at radius 2 is 2.24 bits per heavy atom. The van der Waals surface area contributed by atoms with Crippen LogP contribution in [0.15, 0.2) is 30.6 Å². The summed E-state index contributed by atoms with van der Waals surface area (Å²) in [5.74, 6) is 1.44. The van der Waals surface area contributed by atoms with Gasteiger partial charge in [0.1, 0.15) is 6.33 Å². The number of hydrogen-bond donors (Lipinski definition) is 2. The highest BCUT2D eigenvalue weighted by Gasteiger charge is 2.42. The Labute approximate surface area is 148 Å². The fourth-order valence-corrected chi connectivity index (χ4v) is 4.50. The molecule has 2 amide bonds. The second-order valence-electron chi connectivity index (χ2n) is 7.30. The fourth-order valence-electron chi connectivity index (χ4n) is 4.50. The van der Waals surface area contributed by atoms with Crippen LogP contribution < -0.4 is 5.32 Å². The van der Waals surface area contributed by atoms with Crippen LogP contribution in [-0.2, 0) is 6.54 Å². The highest BCUT2D eigenvalue weighted by Crippen LogP contribution is 2.39. The predicted octanol–water partition coefficient (Wildman–Crippen LogP) is 3.33. The molecule has 1 aliphatic heterocycles. The van der Waals surface area contributed by atoms with Gasteiger partial charge in [0.05, 0.1) is 0 Å². The molecule has 25 heavy (non-hydrogen) atoms. The maximum atomic E-state index is 12.8. The number of urea groups is 1. The Bertz CT molecular complexity index is 729. The van der Waals surface area contributed by atoms with Gasteiger partial charge in [0.25, 0.3) is 0 Å². The zero-order valence-electron chi connectivity index (χ0n) is 14.6. The Balaban J connectivity index is 1.41. The number of nitrogens with one attached hydrogen (secondary N) is 2. The molecule has 0 spiro atoms. The van der Waals surface area contributed by atoms with E-state index in [1.54, 1.807) is 0 Å². The number of nitrogens with zero attached hydrogens (tertiary/aromatic N) is 3. The van der Waals surface area contributed by atoms with Crippen molar-refractivity contribution < 1.29 is 4.79 Å². The number of amides is 2. The van der Waals surface area contributed by atoms with Crippen LogP contribution in [0.2, 0.25) is 0 Å². The van der Waals surface area contributed by atoms with E-state index in [1.807, 2.05) is 24.3 Å². The van der Waals surface area contributed by atoms with Gasteiger partial charge < -0.3 is 10.2 Å². The van der Waals surface area contributed by atoms with Gasteiger partial charge in [-0.05, 0) is 43.7 Å². The van der Waals surface area contributed by atoms with Crippen molar-refractivity contribution >= 4 is 6.03 Å². The van der Waals surface area contributed by atoms with Crippen molar-refractivity contribution in [3.8, 4) is 11.4 Å². The van der Waals surface area contributed by atoms with Crippen molar-refractivity contribution in [3.05, 3.63) is 36.2 Å². The van der Waals surface area contributed by atoms with E-state index in [0.717, 1.165) is 29.8 Å². The maximum Gasteiger partial charge on any atom is 0.318 e. The molecule has 2 fully saturated rings. The third-order valence-corrected chi connectivity index (χ3v) is 5.64. The molecule has 2 aromatic rings. The number of aromatic amines is 1. The molecule has 1 saturated carbocycles. The van der Waals surface area contributed by atoms with Crippen LogP contribution in [-0.4, -0.2) is 38.2 Å². The summed E-state index contributed by atoms with van der Waals surface area (Å²) in [6, 6.07) is 8.88. The van der Waals surface area contributed by atoms with E-state index in [0.29, 0.717) is 24.5 Å². The molecule has 2 N–H and O–H groups in total. The largest absolute Gasteiger partial charge is 0.334 e. The van der Waals surface area contributed by atoms with Gasteiger partial charge >= 0.3 is 6.03 Å². The van der Waals surface area contributed by atoms with Gasteiger partial charge in [0.15, 0.2) is 5.82 Å². The molecule has 0 radical (unpaired) electrons. The van der Waals surface area contributed by atoms with Crippen LogP contribution >= 0.6 is 0 Å². The van der Waals surface area contributed by atoms with Crippen LogP contribution in [0.4, 0.5) is 4.79 Å². The third-order valence-electron chi connectivity index (χ3n) is 5.64. The first-order chi connectivity index (χ1) is 12.2. The number of benzene rings is 1. The molecule has 1 aliphatic carbocycles. The lowest BCUT2D eigenvalue weighted by atomic mass is 9.85. The van der Waals surface area contributed by atoms with Gasteiger partial charge in [0.2, 0.25) is 0 Å². The summed E-state index contributed by atoms with van der Waals surface area (Å²) in [5.41, 5.74) is 2.04. The first kappa shape index (κ1) is 16.1. The van der Waals surface area contributed by atoms with Crippen LogP contribution in [0.25, 0.3) is 11.4 Å². The van der Waals surface area contributed by atoms with Gasteiger partial charge in [-0.3, -0.25) is 5.10 Å². The quantitative estimate of drug-likeness (QED) is 0.901. The average Bonchev–Trinajstić information content (AvgIpc) is 3.27. The van der Waals surface area contributed by atoms with E-state index in [4.69, 9.17) is 0 Å². The molecule has 6 heteroatoms. The van der Waals surface area contributed by atoms with E-state index >= 15 is 0 Å². The van der Waals surface area contributed by atoms with Crippen molar-refractivity contribution in [2.75, 3.05) is 0 Å². The van der Waals surface area contributed by atoms with Crippen molar-refractivity contribution in [1.29, 1.82) is 0 Å². The number of hydrogen-bond acceptors (Lipinski definition) is 3. The number of carbonyl (C=O) groups is 1. The first-order valence-corrected chi connectivity index (χ1v) is 9.23. The van der Waals surface area contributed by atoms with Crippen LogP contribution in [0.3, 0.4) is 0 Å². The second kappa shape index (κ2) is 6.86. The number of fused-ring (bicyclic) bond motifs is 1. The van der Waals surface area contributed by atoms with Crippen LogP contribution in [0.1, 0.15) is 44.6 Å². The van der Waals surface area contributed by atoms with Gasteiger partial charge in [-0.15, -0.1) is 0 Å². The molecular weight excluding hydrogens is 314 g/mol. The molecule has 0 bridgehead atoms. The van der Waals surface area contributed by atoms with Crippen molar-refractivity contribution in [3.63, 3.8) is 0 Å². The minimum Gasteiger partial charge on any atom is -0.334 e. The molecule has 2 aliphatic rings. The Morgan fingerprint density at radius 1 is 1.36 bits per heavy atom. The second-order valence-corrected chi connectivity index (χ2v) is 7.30.